The fourth-order valence-electron chi connectivity index (χ4n) is 3.09. The van der Waals surface area contributed by atoms with Crippen LogP contribution in [0, 0.1) is 11.7 Å². The Morgan fingerprint density at radius 3 is 2.72 bits per heavy atom. The van der Waals surface area contributed by atoms with Crippen molar-refractivity contribution < 1.29 is 9.13 Å². The maximum Gasteiger partial charge on any atom is 0.129 e. The lowest BCUT2D eigenvalue weighted by Crippen LogP contribution is -2.33. The van der Waals surface area contributed by atoms with E-state index < -0.39 is 0 Å². The van der Waals surface area contributed by atoms with Gasteiger partial charge in [-0.3, -0.25) is 0 Å². The van der Waals surface area contributed by atoms with Crippen molar-refractivity contribution in [2.45, 2.75) is 26.0 Å². The molecule has 0 radical (unpaired) electrons. The third-order valence-electron chi connectivity index (χ3n) is 4.57. The van der Waals surface area contributed by atoms with Crippen molar-refractivity contribution in [3.63, 3.8) is 0 Å². The number of halogens is 2. The third-order valence-corrected chi connectivity index (χ3v) is 4.81. The average Bonchev–Trinajstić information content (AvgIpc) is 2.63. The molecular weight excluding hydrogens is 339 g/mol. The standard InChI is InChI=1S/C20H24ClFN2O/c21-18-5-6-20(25-14-16-3-1-2-4-19(16)22)17(11-18)13-24-12-15-7-9-23-10-8-15/h1-6,11,15,23-24H,7-10,12-14H2. The fraction of sp³-hybridized carbons (Fsp3) is 0.400. The van der Waals surface area contributed by atoms with Crippen molar-refractivity contribution in [3.05, 3.63) is 64.4 Å². The van der Waals surface area contributed by atoms with Crippen molar-refractivity contribution in [1.29, 1.82) is 0 Å². The van der Waals surface area contributed by atoms with Crippen molar-refractivity contribution >= 4 is 11.6 Å². The van der Waals surface area contributed by atoms with E-state index in [9.17, 15) is 4.39 Å². The number of benzene rings is 2. The lowest BCUT2D eigenvalue weighted by molar-refractivity contribution is 0.295. The van der Waals surface area contributed by atoms with Gasteiger partial charge in [-0.05, 0) is 62.7 Å². The van der Waals surface area contributed by atoms with Gasteiger partial charge in [-0.2, -0.15) is 0 Å². The van der Waals surface area contributed by atoms with Crippen LogP contribution in [0.15, 0.2) is 42.5 Å². The van der Waals surface area contributed by atoms with Gasteiger partial charge in [-0.25, -0.2) is 4.39 Å². The molecule has 0 unspecified atom stereocenters. The van der Waals surface area contributed by atoms with Gasteiger partial charge in [0.15, 0.2) is 0 Å². The minimum atomic E-state index is -0.248. The average molecular weight is 363 g/mol. The first-order chi connectivity index (χ1) is 12.2. The Hall–Kier alpha value is -1.62. The molecule has 0 atom stereocenters. The molecule has 1 heterocycles. The minimum Gasteiger partial charge on any atom is -0.488 e. The fourth-order valence-corrected chi connectivity index (χ4v) is 3.29. The van der Waals surface area contributed by atoms with Crippen molar-refractivity contribution in [2.24, 2.45) is 5.92 Å². The zero-order chi connectivity index (χ0) is 17.5. The molecule has 0 bridgehead atoms. The molecule has 3 nitrogen and oxygen atoms in total. The predicted octanol–water partition coefficient (Wildman–Crippen LogP) is 4.15. The van der Waals surface area contributed by atoms with Crippen molar-refractivity contribution in [1.82, 2.24) is 10.6 Å². The molecule has 1 fully saturated rings. The summed E-state index contributed by atoms with van der Waals surface area (Å²) in [6.07, 6.45) is 2.42. The molecule has 2 N–H and O–H groups in total. The van der Waals surface area contributed by atoms with Crippen LogP contribution >= 0.6 is 11.6 Å². The summed E-state index contributed by atoms with van der Waals surface area (Å²) in [4.78, 5) is 0. The molecule has 5 heteroatoms. The second-order valence-corrected chi connectivity index (χ2v) is 6.89. The van der Waals surface area contributed by atoms with Gasteiger partial charge >= 0.3 is 0 Å². The Bertz CT molecular complexity index is 689. The SMILES string of the molecule is Fc1ccccc1COc1ccc(Cl)cc1CNCC1CCNCC1. The smallest absolute Gasteiger partial charge is 0.129 e. The van der Waals surface area contributed by atoms with Crippen molar-refractivity contribution in [3.8, 4) is 5.75 Å². The highest BCUT2D eigenvalue weighted by molar-refractivity contribution is 6.30. The first-order valence-electron chi connectivity index (χ1n) is 8.78. The molecule has 1 aliphatic rings. The summed E-state index contributed by atoms with van der Waals surface area (Å²) in [5.74, 6) is 1.20. The van der Waals surface area contributed by atoms with Crippen LogP contribution in [0.3, 0.4) is 0 Å². The van der Waals surface area contributed by atoms with E-state index in [1.54, 1.807) is 18.2 Å². The van der Waals surface area contributed by atoms with E-state index in [1.165, 1.54) is 18.9 Å². The molecule has 0 aromatic heterocycles. The quantitative estimate of drug-likeness (QED) is 0.776. The maximum absolute atomic E-state index is 13.7. The Balaban J connectivity index is 1.58. The molecule has 2 aromatic carbocycles. The summed E-state index contributed by atoms with van der Waals surface area (Å²) in [6, 6.07) is 12.2. The normalized spacial score (nSPS) is 15.3. The van der Waals surface area contributed by atoms with Gasteiger partial charge in [0.05, 0.1) is 0 Å². The van der Waals surface area contributed by atoms with E-state index in [0.29, 0.717) is 23.0 Å². The van der Waals surface area contributed by atoms with Gasteiger partial charge < -0.3 is 15.4 Å². The van der Waals surface area contributed by atoms with Crippen LogP contribution in [-0.4, -0.2) is 19.6 Å². The third kappa shape index (κ3) is 5.43. The zero-order valence-electron chi connectivity index (χ0n) is 14.2. The minimum absolute atomic E-state index is 0.204. The molecule has 0 saturated carbocycles. The predicted molar refractivity (Wildman–Crippen MR) is 99.5 cm³/mol. The van der Waals surface area contributed by atoms with Crippen LogP contribution in [0.2, 0.25) is 5.02 Å². The molecule has 134 valence electrons. The second-order valence-electron chi connectivity index (χ2n) is 6.46. The van der Waals surface area contributed by atoms with E-state index in [0.717, 1.165) is 30.9 Å². The van der Waals surface area contributed by atoms with Crippen LogP contribution in [0.1, 0.15) is 24.0 Å². The highest BCUT2D eigenvalue weighted by atomic mass is 35.5. The highest BCUT2D eigenvalue weighted by Crippen LogP contribution is 2.24. The highest BCUT2D eigenvalue weighted by Gasteiger charge is 2.13. The Morgan fingerprint density at radius 1 is 1.12 bits per heavy atom. The Morgan fingerprint density at radius 2 is 1.92 bits per heavy atom. The molecule has 1 aliphatic heterocycles. The van der Waals surface area contributed by atoms with Gasteiger partial charge in [0.2, 0.25) is 0 Å². The van der Waals surface area contributed by atoms with Crippen LogP contribution in [0.25, 0.3) is 0 Å². The molecule has 0 aliphatic carbocycles. The lowest BCUT2D eigenvalue weighted by Gasteiger charge is -2.23. The first kappa shape index (κ1) is 18.2. The van der Waals surface area contributed by atoms with E-state index in [-0.39, 0.29) is 12.4 Å². The molecule has 0 spiro atoms. The van der Waals surface area contributed by atoms with Crippen LogP contribution in [0.4, 0.5) is 4.39 Å². The zero-order valence-corrected chi connectivity index (χ0v) is 15.0. The van der Waals surface area contributed by atoms with E-state index in [4.69, 9.17) is 16.3 Å². The summed E-state index contributed by atoms with van der Waals surface area (Å²) < 4.78 is 19.6. The van der Waals surface area contributed by atoms with Gasteiger partial charge in [-0.15, -0.1) is 0 Å². The molecule has 25 heavy (non-hydrogen) atoms. The number of hydrogen-bond acceptors (Lipinski definition) is 3. The molecular formula is C20H24ClFN2O. The number of nitrogens with one attached hydrogen (secondary N) is 2. The van der Waals surface area contributed by atoms with Gasteiger partial charge in [0.25, 0.3) is 0 Å². The van der Waals surface area contributed by atoms with E-state index >= 15 is 0 Å². The maximum atomic E-state index is 13.7. The number of piperidine rings is 1. The number of rotatable bonds is 7. The van der Waals surface area contributed by atoms with Crippen LogP contribution in [0.5, 0.6) is 5.75 Å². The molecule has 0 amide bonds. The molecule has 3 rings (SSSR count). The topological polar surface area (TPSA) is 33.3 Å². The lowest BCUT2D eigenvalue weighted by atomic mass is 9.98. The number of hydrogen-bond donors (Lipinski definition) is 2. The van der Waals surface area contributed by atoms with Crippen molar-refractivity contribution in [2.75, 3.05) is 19.6 Å². The van der Waals surface area contributed by atoms with Gasteiger partial charge in [0, 0.05) is 22.7 Å². The van der Waals surface area contributed by atoms with Gasteiger partial charge in [0.1, 0.15) is 18.2 Å². The second kappa shape index (κ2) is 9.18. The van der Waals surface area contributed by atoms with Crippen LogP contribution < -0.4 is 15.4 Å². The number of ether oxygens (including phenoxy) is 1. The summed E-state index contributed by atoms with van der Waals surface area (Å²) in [5, 5.41) is 7.57. The largest absolute Gasteiger partial charge is 0.488 e. The van der Waals surface area contributed by atoms with E-state index in [1.807, 2.05) is 18.2 Å². The van der Waals surface area contributed by atoms with Gasteiger partial charge in [-0.1, -0.05) is 29.8 Å². The first-order valence-corrected chi connectivity index (χ1v) is 9.16. The molecule has 1 saturated heterocycles. The summed E-state index contributed by atoms with van der Waals surface area (Å²) in [7, 11) is 0. The summed E-state index contributed by atoms with van der Waals surface area (Å²) in [6.45, 7) is 4.08. The summed E-state index contributed by atoms with van der Waals surface area (Å²) in [5.41, 5.74) is 1.55. The molecule has 2 aromatic rings. The summed E-state index contributed by atoms with van der Waals surface area (Å²) >= 11 is 6.14. The van der Waals surface area contributed by atoms with Crippen LogP contribution in [-0.2, 0) is 13.2 Å². The van der Waals surface area contributed by atoms with E-state index in [2.05, 4.69) is 10.6 Å². The monoisotopic (exact) mass is 362 g/mol. The Kier molecular flexibility index (Phi) is 6.68. The Labute approximate surface area is 153 Å².